The number of ether oxygens (including phenoxy) is 2. The van der Waals surface area contributed by atoms with Gasteiger partial charge in [0, 0.05) is 6.54 Å². The van der Waals surface area contributed by atoms with Gasteiger partial charge in [0.2, 0.25) is 0 Å². The highest BCUT2D eigenvalue weighted by Crippen LogP contribution is 2.12. The SMILES string of the molecule is S=C(NCc1ccccc1)N/N=C\c1cccc(OCCOc2ccccc2)c1. The lowest BCUT2D eigenvalue weighted by Gasteiger charge is -2.09. The van der Waals surface area contributed by atoms with Gasteiger partial charge in [-0.2, -0.15) is 5.10 Å². The van der Waals surface area contributed by atoms with Crippen LogP contribution in [0.25, 0.3) is 0 Å². The smallest absolute Gasteiger partial charge is 0.187 e. The van der Waals surface area contributed by atoms with Gasteiger partial charge in [-0.1, -0.05) is 60.7 Å². The summed E-state index contributed by atoms with van der Waals surface area (Å²) in [5.74, 6) is 1.59. The molecule has 0 unspecified atom stereocenters. The van der Waals surface area contributed by atoms with E-state index in [-0.39, 0.29) is 0 Å². The second-order valence-corrected chi connectivity index (χ2v) is 6.53. The Morgan fingerprint density at radius 3 is 2.24 bits per heavy atom. The van der Waals surface area contributed by atoms with Crippen LogP contribution >= 0.6 is 12.2 Å². The minimum atomic E-state index is 0.460. The summed E-state index contributed by atoms with van der Waals surface area (Å²) in [6.07, 6.45) is 1.70. The van der Waals surface area contributed by atoms with E-state index >= 15 is 0 Å². The van der Waals surface area contributed by atoms with Gasteiger partial charge in [-0.15, -0.1) is 0 Å². The van der Waals surface area contributed by atoms with E-state index in [1.165, 1.54) is 0 Å². The third kappa shape index (κ3) is 7.63. The summed E-state index contributed by atoms with van der Waals surface area (Å²) in [6, 6.07) is 27.4. The first-order chi connectivity index (χ1) is 14.3. The van der Waals surface area contributed by atoms with Crippen LogP contribution in [0, 0.1) is 0 Å². The predicted octanol–water partition coefficient (Wildman–Crippen LogP) is 4.14. The van der Waals surface area contributed by atoms with Crippen molar-refractivity contribution < 1.29 is 9.47 Å². The van der Waals surface area contributed by atoms with Gasteiger partial charge in [-0.25, -0.2) is 0 Å². The van der Waals surface area contributed by atoms with Crippen molar-refractivity contribution in [3.63, 3.8) is 0 Å². The Balaban J connectivity index is 1.38. The molecule has 0 spiro atoms. The monoisotopic (exact) mass is 405 g/mol. The van der Waals surface area contributed by atoms with Crippen molar-refractivity contribution in [2.75, 3.05) is 13.2 Å². The molecule has 0 saturated carbocycles. The molecule has 5 nitrogen and oxygen atoms in total. The lowest BCUT2D eigenvalue weighted by atomic mass is 10.2. The van der Waals surface area contributed by atoms with Gasteiger partial charge < -0.3 is 14.8 Å². The quantitative estimate of drug-likeness (QED) is 0.243. The van der Waals surface area contributed by atoms with E-state index in [9.17, 15) is 0 Å². The topological polar surface area (TPSA) is 54.9 Å². The number of para-hydroxylation sites is 1. The number of nitrogens with zero attached hydrogens (tertiary/aromatic N) is 1. The number of hydrogen-bond donors (Lipinski definition) is 2. The molecule has 3 rings (SSSR count). The average molecular weight is 406 g/mol. The molecule has 0 aliphatic rings. The van der Waals surface area contributed by atoms with Crippen LogP contribution in [0.5, 0.6) is 11.5 Å². The van der Waals surface area contributed by atoms with E-state index in [0.29, 0.717) is 24.9 Å². The molecule has 0 bridgehead atoms. The van der Waals surface area contributed by atoms with Gasteiger partial charge in [0.05, 0.1) is 6.21 Å². The second kappa shape index (κ2) is 11.5. The highest BCUT2D eigenvalue weighted by molar-refractivity contribution is 7.80. The van der Waals surface area contributed by atoms with Crippen molar-refractivity contribution >= 4 is 23.5 Å². The summed E-state index contributed by atoms with van der Waals surface area (Å²) in [5, 5.41) is 7.75. The molecule has 0 saturated heterocycles. The molecule has 0 aliphatic carbocycles. The normalized spacial score (nSPS) is 10.5. The molecule has 0 aliphatic heterocycles. The molecular formula is C23H23N3O2S. The maximum atomic E-state index is 5.74. The van der Waals surface area contributed by atoms with E-state index in [1.807, 2.05) is 84.9 Å². The maximum absolute atomic E-state index is 5.74. The highest BCUT2D eigenvalue weighted by atomic mass is 32.1. The molecule has 2 N–H and O–H groups in total. The van der Waals surface area contributed by atoms with Crippen LogP contribution < -0.4 is 20.2 Å². The van der Waals surface area contributed by atoms with Crippen LogP contribution in [0.1, 0.15) is 11.1 Å². The van der Waals surface area contributed by atoms with E-state index in [1.54, 1.807) is 6.21 Å². The fraction of sp³-hybridized carbons (Fsp3) is 0.130. The zero-order valence-electron chi connectivity index (χ0n) is 16.0. The predicted molar refractivity (Wildman–Crippen MR) is 120 cm³/mol. The number of rotatable bonds is 9. The van der Waals surface area contributed by atoms with Crippen LogP contribution in [0.3, 0.4) is 0 Å². The summed E-state index contributed by atoms with van der Waals surface area (Å²) in [5.41, 5.74) is 4.88. The van der Waals surface area contributed by atoms with E-state index in [0.717, 1.165) is 22.6 Å². The number of hydrazone groups is 1. The standard InChI is InChI=1S/C23H23N3O2S/c29-23(24-17-19-8-3-1-4-9-19)26-25-18-20-10-7-13-22(16-20)28-15-14-27-21-11-5-2-6-12-21/h1-13,16,18H,14-15,17H2,(H2,24,26,29)/b25-18-. The Morgan fingerprint density at radius 1 is 0.828 bits per heavy atom. The Morgan fingerprint density at radius 2 is 1.48 bits per heavy atom. The van der Waals surface area contributed by atoms with Crippen LogP contribution in [0.15, 0.2) is 90.0 Å². The minimum absolute atomic E-state index is 0.460. The molecule has 0 radical (unpaired) electrons. The molecule has 6 heteroatoms. The van der Waals surface area contributed by atoms with Crippen molar-refractivity contribution in [1.82, 2.24) is 10.7 Å². The molecular weight excluding hydrogens is 382 g/mol. The maximum Gasteiger partial charge on any atom is 0.187 e. The molecule has 0 fully saturated rings. The van der Waals surface area contributed by atoms with Gasteiger partial charge in [-0.05, 0) is 47.6 Å². The Kier molecular flexibility index (Phi) is 8.04. The first-order valence-corrected chi connectivity index (χ1v) is 9.72. The van der Waals surface area contributed by atoms with E-state index in [4.69, 9.17) is 21.7 Å². The first kappa shape index (κ1) is 20.4. The van der Waals surface area contributed by atoms with Crippen molar-refractivity contribution in [1.29, 1.82) is 0 Å². The number of nitrogens with one attached hydrogen (secondary N) is 2. The van der Waals surface area contributed by atoms with Crippen LogP contribution in [0.2, 0.25) is 0 Å². The van der Waals surface area contributed by atoms with Gasteiger partial charge in [-0.3, -0.25) is 5.43 Å². The number of thiocarbonyl (C=S) groups is 1. The zero-order chi connectivity index (χ0) is 20.2. The van der Waals surface area contributed by atoms with Gasteiger partial charge in [0.25, 0.3) is 0 Å². The molecule has 0 aromatic heterocycles. The Bertz CT molecular complexity index is 918. The first-order valence-electron chi connectivity index (χ1n) is 9.31. The Hall–Kier alpha value is -3.38. The Labute approximate surface area is 176 Å². The summed E-state index contributed by atoms with van der Waals surface area (Å²) in [4.78, 5) is 0. The lowest BCUT2D eigenvalue weighted by Crippen LogP contribution is -2.31. The van der Waals surface area contributed by atoms with Crippen molar-refractivity contribution in [3.8, 4) is 11.5 Å². The van der Waals surface area contributed by atoms with E-state index in [2.05, 4.69) is 15.8 Å². The summed E-state index contributed by atoms with van der Waals surface area (Å²) in [7, 11) is 0. The van der Waals surface area contributed by atoms with Crippen LogP contribution in [0.4, 0.5) is 0 Å². The average Bonchev–Trinajstić information content (AvgIpc) is 2.77. The summed E-state index contributed by atoms with van der Waals surface area (Å²) < 4.78 is 11.4. The van der Waals surface area contributed by atoms with Gasteiger partial charge >= 0.3 is 0 Å². The van der Waals surface area contributed by atoms with Gasteiger partial charge in [0.15, 0.2) is 5.11 Å². The fourth-order valence-electron chi connectivity index (χ4n) is 2.50. The molecule has 29 heavy (non-hydrogen) atoms. The molecule has 0 heterocycles. The third-order valence-corrected chi connectivity index (χ3v) is 4.13. The van der Waals surface area contributed by atoms with Crippen LogP contribution in [-0.2, 0) is 6.54 Å². The number of hydrogen-bond acceptors (Lipinski definition) is 4. The minimum Gasteiger partial charge on any atom is -0.490 e. The molecule has 0 atom stereocenters. The second-order valence-electron chi connectivity index (χ2n) is 6.12. The molecule has 3 aromatic carbocycles. The number of benzene rings is 3. The summed E-state index contributed by atoms with van der Waals surface area (Å²) in [6.45, 7) is 1.59. The highest BCUT2D eigenvalue weighted by Gasteiger charge is 1.98. The van der Waals surface area contributed by atoms with Crippen molar-refractivity contribution in [2.24, 2.45) is 5.10 Å². The molecule has 0 amide bonds. The fourth-order valence-corrected chi connectivity index (χ4v) is 2.63. The zero-order valence-corrected chi connectivity index (χ0v) is 16.8. The van der Waals surface area contributed by atoms with E-state index < -0.39 is 0 Å². The third-order valence-electron chi connectivity index (χ3n) is 3.90. The summed E-state index contributed by atoms with van der Waals surface area (Å²) >= 11 is 5.23. The van der Waals surface area contributed by atoms with Crippen molar-refractivity contribution in [2.45, 2.75) is 6.54 Å². The molecule has 148 valence electrons. The van der Waals surface area contributed by atoms with Crippen molar-refractivity contribution in [3.05, 3.63) is 96.1 Å². The molecule has 3 aromatic rings. The van der Waals surface area contributed by atoms with Crippen LogP contribution in [-0.4, -0.2) is 24.5 Å². The van der Waals surface area contributed by atoms with Gasteiger partial charge in [0.1, 0.15) is 24.7 Å². The lowest BCUT2D eigenvalue weighted by molar-refractivity contribution is 0.217. The largest absolute Gasteiger partial charge is 0.490 e.